The SMILES string of the molecule is CC(=O)c1nn([C@H](C)c2ccc(Cl)cc2Cl)c2nc(N3CC([C@H]4CCCN(CCCC(=O)O)C4)C3)ncc12. The first-order valence-corrected chi connectivity index (χ1v) is 13.9. The minimum atomic E-state index is -0.729. The number of hydrogen-bond acceptors (Lipinski definition) is 7. The van der Waals surface area contributed by atoms with Crippen LogP contribution < -0.4 is 4.90 Å². The summed E-state index contributed by atoms with van der Waals surface area (Å²) in [4.78, 5) is 37.3. The maximum atomic E-state index is 12.4. The fourth-order valence-corrected chi connectivity index (χ4v) is 6.24. The van der Waals surface area contributed by atoms with E-state index in [1.807, 2.05) is 13.0 Å². The fraction of sp³-hybridized carbons (Fsp3) is 0.519. The first kappa shape index (κ1) is 26.8. The van der Waals surface area contributed by atoms with Crippen molar-refractivity contribution in [1.29, 1.82) is 0 Å². The van der Waals surface area contributed by atoms with Crippen molar-refractivity contribution in [2.24, 2.45) is 11.8 Å². The minimum Gasteiger partial charge on any atom is -0.481 e. The molecule has 0 saturated carbocycles. The quantitative estimate of drug-likeness (QED) is 0.367. The van der Waals surface area contributed by atoms with E-state index < -0.39 is 5.97 Å². The Morgan fingerprint density at radius 2 is 1.97 bits per heavy atom. The van der Waals surface area contributed by atoms with Gasteiger partial charge in [-0.25, -0.2) is 9.67 Å². The Labute approximate surface area is 231 Å². The Morgan fingerprint density at radius 1 is 1.18 bits per heavy atom. The Bertz CT molecular complexity index is 1360. The Kier molecular flexibility index (Phi) is 7.88. The van der Waals surface area contributed by atoms with Crippen molar-refractivity contribution in [3.63, 3.8) is 0 Å². The summed E-state index contributed by atoms with van der Waals surface area (Å²) in [6.07, 6.45) is 4.97. The third-order valence-electron chi connectivity index (χ3n) is 7.81. The molecule has 0 radical (unpaired) electrons. The summed E-state index contributed by atoms with van der Waals surface area (Å²) in [6.45, 7) is 8.14. The molecular formula is C27H32Cl2N6O3. The number of carbonyl (C=O) groups excluding carboxylic acids is 1. The van der Waals surface area contributed by atoms with Crippen LogP contribution in [0.3, 0.4) is 0 Å². The van der Waals surface area contributed by atoms with Crippen LogP contribution in [0.15, 0.2) is 24.4 Å². The van der Waals surface area contributed by atoms with E-state index in [0.29, 0.717) is 51.0 Å². The zero-order valence-corrected chi connectivity index (χ0v) is 23.1. The molecule has 1 aromatic carbocycles. The molecule has 0 spiro atoms. The second-order valence-electron chi connectivity index (χ2n) is 10.5. The summed E-state index contributed by atoms with van der Waals surface area (Å²) in [5.41, 5.74) is 1.78. The van der Waals surface area contributed by atoms with E-state index in [1.165, 1.54) is 13.3 Å². The maximum Gasteiger partial charge on any atom is 0.303 e. The van der Waals surface area contributed by atoms with Crippen LogP contribution in [0.5, 0.6) is 0 Å². The number of halogens is 2. The lowest BCUT2D eigenvalue weighted by Crippen LogP contribution is -2.54. The van der Waals surface area contributed by atoms with Crippen LogP contribution in [-0.4, -0.2) is 74.2 Å². The molecule has 0 bridgehead atoms. The third-order valence-corrected chi connectivity index (χ3v) is 8.38. The number of aromatic nitrogens is 4. The summed E-state index contributed by atoms with van der Waals surface area (Å²) in [5, 5.41) is 15.2. The number of likely N-dealkylation sites (tertiary alicyclic amines) is 1. The molecule has 9 nitrogen and oxygen atoms in total. The number of rotatable bonds is 9. The molecule has 2 aliphatic rings. The zero-order valence-electron chi connectivity index (χ0n) is 21.6. The van der Waals surface area contributed by atoms with Crippen LogP contribution in [0.4, 0.5) is 5.95 Å². The standard InChI is InChI=1S/C27H32Cl2N6O3/c1-16(21-8-7-20(28)11-23(21)29)35-26-22(25(32-35)17(2)36)12-30-27(31-26)34-14-19(15-34)18-5-3-9-33(13-18)10-4-6-24(37)38/h7-8,11-12,16,18-19H,3-6,9-10,13-15H2,1-2H3,(H,37,38)/t16-,18+/m1/s1. The molecule has 4 heterocycles. The average Bonchev–Trinajstić information content (AvgIpc) is 3.22. The molecular weight excluding hydrogens is 527 g/mol. The van der Waals surface area contributed by atoms with E-state index in [0.717, 1.165) is 44.7 Å². The molecule has 38 heavy (non-hydrogen) atoms. The van der Waals surface area contributed by atoms with Gasteiger partial charge in [-0.1, -0.05) is 29.3 Å². The van der Waals surface area contributed by atoms with E-state index in [-0.39, 0.29) is 18.2 Å². The number of anilines is 1. The van der Waals surface area contributed by atoms with Crippen molar-refractivity contribution in [2.75, 3.05) is 37.6 Å². The molecule has 2 aliphatic heterocycles. The van der Waals surface area contributed by atoms with Crippen LogP contribution in [0.25, 0.3) is 11.0 Å². The fourth-order valence-electron chi connectivity index (χ4n) is 5.68. The van der Waals surface area contributed by atoms with Crippen LogP contribution in [0, 0.1) is 11.8 Å². The maximum absolute atomic E-state index is 12.4. The highest BCUT2D eigenvalue weighted by Crippen LogP contribution is 2.35. The number of benzene rings is 1. The van der Waals surface area contributed by atoms with Gasteiger partial charge in [-0.05, 0) is 68.8 Å². The van der Waals surface area contributed by atoms with Gasteiger partial charge in [0.15, 0.2) is 11.4 Å². The first-order chi connectivity index (χ1) is 18.2. The van der Waals surface area contributed by atoms with Gasteiger partial charge in [0.1, 0.15) is 5.69 Å². The van der Waals surface area contributed by atoms with Crippen LogP contribution in [0.2, 0.25) is 10.0 Å². The number of carboxylic acids is 1. The highest BCUT2D eigenvalue weighted by atomic mass is 35.5. The van der Waals surface area contributed by atoms with Crippen LogP contribution in [-0.2, 0) is 4.79 Å². The molecule has 2 atom stereocenters. The van der Waals surface area contributed by atoms with E-state index >= 15 is 0 Å². The van der Waals surface area contributed by atoms with Crippen molar-refractivity contribution in [3.05, 3.63) is 45.7 Å². The van der Waals surface area contributed by atoms with Gasteiger partial charge in [-0.15, -0.1) is 0 Å². The molecule has 11 heteroatoms. The molecule has 2 aromatic heterocycles. The van der Waals surface area contributed by atoms with Gasteiger partial charge < -0.3 is 14.9 Å². The van der Waals surface area contributed by atoms with E-state index in [2.05, 4.69) is 19.9 Å². The summed E-state index contributed by atoms with van der Waals surface area (Å²) in [7, 11) is 0. The largest absolute Gasteiger partial charge is 0.481 e. The minimum absolute atomic E-state index is 0.145. The number of carbonyl (C=O) groups is 2. The van der Waals surface area contributed by atoms with Crippen LogP contribution >= 0.6 is 23.2 Å². The lowest BCUT2D eigenvalue weighted by Gasteiger charge is -2.46. The van der Waals surface area contributed by atoms with Gasteiger partial charge >= 0.3 is 5.97 Å². The summed E-state index contributed by atoms with van der Waals surface area (Å²) >= 11 is 12.6. The van der Waals surface area contributed by atoms with Gasteiger partial charge in [0.25, 0.3) is 0 Å². The average molecular weight is 559 g/mol. The first-order valence-electron chi connectivity index (χ1n) is 13.1. The predicted molar refractivity (Wildman–Crippen MR) is 147 cm³/mol. The Hall–Kier alpha value is -2.75. The molecule has 1 N–H and O–H groups in total. The monoisotopic (exact) mass is 558 g/mol. The summed E-state index contributed by atoms with van der Waals surface area (Å²) in [5.74, 6) is 0.909. The zero-order chi connectivity index (χ0) is 27.0. The van der Waals surface area contributed by atoms with Crippen molar-refractivity contribution in [1.82, 2.24) is 24.6 Å². The predicted octanol–water partition coefficient (Wildman–Crippen LogP) is 4.96. The van der Waals surface area contributed by atoms with Gasteiger partial charge in [-0.3, -0.25) is 9.59 Å². The lowest BCUT2D eigenvalue weighted by atomic mass is 9.80. The van der Waals surface area contributed by atoms with Crippen molar-refractivity contribution in [2.45, 2.75) is 45.6 Å². The highest BCUT2D eigenvalue weighted by molar-refractivity contribution is 6.35. The van der Waals surface area contributed by atoms with Crippen molar-refractivity contribution >= 4 is 51.9 Å². The number of aliphatic carboxylic acids is 1. The second-order valence-corrected chi connectivity index (χ2v) is 11.3. The Balaban J connectivity index is 1.32. The number of hydrogen-bond donors (Lipinski definition) is 1. The molecule has 2 saturated heterocycles. The molecule has 0 aliphatic carbocycles. The number of carboxylic acid groups (broad SMARTS) is 1. The third kappa shape index (κ3) is 5.51. The summed E-state index contributed by atoms with van der Waals surface area (Å²) in [6, 6.07) is 5.09. The second kappa shape index (κ2) is 11.2. The number of Topliss-reactive ketones (excluding diaryl/α,β-unsaturated/α-hetero) is 1. The molecule has 3 aromatic rings. The lowest BCUT2D eigenvalue weighted by molar-refractivity contribution is -0.137. The number of nitrogens with zero attached hydrogens (tertiary/aromatic N) is 6. The molecule has 0 unspecified atom stereocenters. The van der Waals surface area contributed by atoms with Gasteiger partial charge in [-0.2, -0.15) is 10.1 Å². The molecule has 202 valence electrons. The van der Waals surface area contributed by atoms with Crippen molar-refractivity contribution < 1.29 is 14.7 Å². The summed E-state index contributed by atoms with van der Waals surface area (Å²) < 4.78 is 1.75. The van der Waals surface area contributed by atoms with Crippen molar-refractivity contribution in [3.8, 4) is 0 Å². The van der Waals surface area contributed by atoms with E-state index in [9.17, 15) is 9.59 Å². The number of piperidine rings is 1. The molecule has 2 fully saturated rings. The topological polar surface area (TPSA) is 104 Å². The van der Waals surface area contributed by atoms with Crippen LogP contribution in [0.1, 0.15) is 61.6 Å². The van der Waals surface area contributed by atoms with Gasteiger partial charge in [0, 0.05) is 49.2 Å². The van der Waals surface area contributed by atoms with E-state index in [1.54, 1.807) is 23.0 Å². The van der Waals surface area contributed by atoms with Gasteiger partial charge in [0.05, 0.1) is 11.4 Å². The Morgan fingerprint density at radius 3 is 2.68 bits per heavy atom. The number of ketones is 1. The molecule has 5 rings (SSSR count). The number of fused-ring (bicyclic) bond motifs is 1. The normalized spacial score (nSPS) is 19.5. The highest BCUT2D eigenvalue weighted by Gasteiger charge is 2.37. The smallest absolute Gasteiger partial charge is 0.303 e. The molecule has 0 amide bonds. The van der Waals surface area contributed by atoms with Gasteiger partial charge in [0.2, 0.25) is 5.95 Å². The van der Waals surface area contributed by atoms with E-state index in [4.69, 9.17) is 33.3 Å².